The third kappa shape index (κ3) is 2.52. The molecule has 2 aliphatic rings. The van der Waals surface area contributed by atoms with E-state index in [9.17, 15) is 4.39 Å². The fraction of sp³-hybridized carbons (Fsp3) is 0.571. The van der Waals surface area contributed by atoms with Crippen molar-refractivity contribution in [3.8, 4) is 0 Å². The average Bonchev–Trinajstić information content (AvgIpc) is 2.30. The fourth-order valence-electron chi connectivity index (χ4n) is 3.40. The van der Waals surface area contributed by atoms with Crippen LogP contribution in [0.3, 0.4) is 0 Å². The van der Waals surface area contributed by atoms with E-state index in [2.05, 4.69) is 5.32 Å². The largest absolute Gasteiger partial charge is 0.317 e. The molecule has 3 rings (SSSR count). The van der Waals surface area contributed by atoms with Crippen molar-refractivity contribution in [1.82, 2.24) is 5.32 Å². The summed E-state index contributed by atoms with van der Waals surface area (Å²) >= 11 is 5.94. The van der Waals surface area contributed by atoms with Gasteiger partial charge in [-0.05, 0) is 73.9 Å². The van der Waals surface area contributed by atoms with Crippen LogP contribution in [-0.4, -0.2) is 13.1 Å². The molecule has 1 aromatic rings. The number of piperidine rings is 1. The predicted octanol–water partition coefficient (Wildman–Crippen LogP) is 4.15. The fourth-order valence-corrected chi connectivity index (χ4v) is 3.58. The molecule has 1 heterocycles. The van der Waals surface area contributed by atoms with Gasteiger partial charge in [0.1, 0.15) is 5.82 Å². The first-order chi connectivity index (χ1) is 8.19. The second kappa shape index (κ2) is 5.36. The van der Waals surface area contributed by atoms with Crippen LogP contribution < -0.4 is 5.32 Å². The number of benzene rings is 1. The molecule has 1 spiro atoms. The SMILES string of the molecule is Cl.Fc1ccc(Cl)cc1C1CC2(CCNCC2)C1. The molecule has 1 N–H and O–H groups in total. The molecule has 1 aliphatic carbocycles. The van der Waals surface area contributed by atoms with E-state index in [1.165, 1.54) is 18.9 Å². The maximum absolute atomic E-state index is 13.7. The summed E-state index contributed by atoms with van der Waals surface area (Å²) in [7, 11) is 0. The Morgan fingerprint density at radius 2 is 1.89 bits per heavy atom. The Bertz CT molecular complexity index is 422. The molecule has 4 heteroatoms. The molecular formula is C14H18Cl2FN. The number of rotatable bonds is 1. The zero-order valence-corrected chi connectivity index (χ0v) is 11.8. The quantitative estimate of drug-likeness (QED) is 0.819. The van der Waals surface area contributed by atoms with Crippen LogP contribution in [0, 0.1) is 11.2 Å². The van der Waals surface area contributed by atoms with Gasteiger partial charge in [0, 0.05) is 5.02 Å². The second-order valence-electron chi connectivity index (χ2n) is 5.52. The second-order valence-corrected chi connectivity index (χ2v) is 5.96. The molecule has 0 amide bonds. The number of hydrogen-bond donors (Lipinski definition) is 1. The number of nitrogens with one attached hydrogen (secondary N) is 1. The zero-order valence-electron chi connectivity index (χ0n) is 10.2. The van der Waals surface area contributed by atoms with Gasteiger partial charge in [-0.3, -0.25) is 0 Å². The van der Waals surface area contributed by atoms with Crippen LogP contribution >= 0.6 is 24.0 Å². The van der Waals surface area contributed by atoms with Gasteiger partial charge < -0.3 is 5.32 Å². The standard InChI is InChI=1S/C14H17ClFN.ClH/c15-11-1-2-13(16)12(7-11)10-8-14(9-10)3-5-17-6-4-14;/h1-2,7,10,17H,3-6,8-9H2;1H. The Labute approximate surface area is 119 Å². The van der Waals surface area contributed by atoms with Crippen molar-refractivity contribution in [2.24, 2.45) is 5.41 Å². The lowest BCUT2D eigenvalue weighted by Gasteiger charge is -2.50. The lowest BCUT2D eigenvalue weighted by atomic mass is 9.56. The lowest BCUT2D eigenvalue weighted by Crippen LogP contribution is -2.44. The molecule has 1 nitrogen and oxygen atoms in total. The summed E-state index contributed by atoms with van der Waals surface area (Å²) in [5.41, 5.74) is 1.31. The van der Waals surface area contributed by atoms with Crippen molar-refractivity contribution < 1.29 is 4.39 Å². The Morgan fingerprint density at radius 3 is 2.56 bits per heavy atom. The van der Waals surface area contributed by atoms with Gasteiger partial charge in [0.15, 0.2) is 0 Å². The Hall–Kier alpha value is -0.310. The minimum atomic E-state index is -0.0943. The van der Waals surface area contributed by atoms with Crippen LogP contribution in [0.2, 0.25) is 5.02 Å². The molecule has 100 valence electrons. The van der Waals surface area contributed by atoms with Gasteiger partial charge in [0.05, 0.1) is 0 Å². The van der Waals surface area contributed by atoms with Crippen LogP contribution in [0.25, 0.3) is 0 Å². The Morgan fingerprint density at radius 1 is 1.22 bits per heavy atom. The Kier molecular flexibility index (Phi) is 4.20. The highest BCUT2D eigenvalue weighted by Gasteiger charge is 2.45. The van der Waals surface area contributed by atoms with Gasteiger partial charge in [0.2, 0.25) is 0 Å². The van der Waals surface area contributed by atoms with Crippen LogP contribution in [0.5, 0.6) is 0 Å². The van der Waals surface area contributed by atoms with E-state index < -0.39 is 0 Å². The van der Waals surface area contributed by atoms with E-state index in [4.69, 9.17) is 11.6 Å². The minimum Gasteiger partial charge on any atom is -0.317 e. The summed E-state index contributed by atoms with van der Waals surface area (Å²) in [4.78, 5) is 0. The monoisotopic (exact) mass is 289 g/mol. The molecule has 2 fully saturated rings. The normalized spacial score (nSPS) is 22.3. The maximum atomic E-state index is 13.7. The van der Waals surface area contributed by atoms with Crippen LogP contribution in [-0.2, 0) is 0 Å². The van der Waals surface area contributed by atoms with E-state index in [1.807, 2.05) is 0 Å². The van der Waals surface area contributed by atoms with E-state index in [0.29, 0.717) is 16.4 Å². The topological polar surface area (TPSA) is 12.0 Å². The summed E-state index contributed by atoms with van der Waals surface area (Å²) in [5, 5.41) is 4.03. The Balaban J connectivity index is 0.00000120. The van der Waals surface area contributed by atoms with E-state index >= 15 is 0 Å². The molecular weight excluding hydrogens is 272 g/mol. The van der Waals surface area contributed by atoms with Gasteiger partial charge in [0.25, 0.3) is 0 Å². The first-order valence-electron chi connectivity index (χ1n) is 6.34. The number of hydrogen-bond acceptors (Lipinski definition) is 1. The van der Waals surface area contributed by atoms with Crippen molar-refractivity contribution in [2.75, 3.05) is 13.1 Å². The molecule has 0 bridgehead atoms. The van der Waals surface area contributed by atoms with E-state index in [-0.39, 0.29) is 18.2 Å². The first kappa shape index (κ1) is 14.1. The summed E-state index contributed by atoms with van der Waals surface area (Å²) in [6.45, 7) is 2.23. The van der Waals surface area contributed by atoms with Gasteiger partial charge in [-0.15, -0.1) is 12.4 Å². The molecule has 1 aliphatic heterocycles. The molecule has 0 radical (unpaired) electrons. The molecule has 0 atom stereocenters. The van der Waals surface area contributed by atoms with E-state index in [0.717, 1.165) is 31.5 Å². The van der Waals surface area contributed by atoms with Crippen LogP contribution in [0.4, 0.5) is 4.39 Å². The summed E-state index contributed by atoms with van der Waals surface area (Å²) in [6.07, 6.45) is 4.75. The third-order valence-electron chi connectivity index (χ3n) is 4.42. The molecule has 0 unspecified atom stereocenters. The molecule has 1 aromatic carbocycles. The van der Waals surface area contributed by atoms with Gasteiger partial charge in [-0.2, -0.15) is 0 Å². The van der Waals surface area contributed by atoms with Crippen molar-refractivity contribution in [1.29, 1.82) is 0 Å². The predicted molar refractivity (Wildman–Crippen MR) is 75.2 cm³/mol. The smallest absolute Gasteiger partial charge is 0.126 e. The van der Waals surface area contributed by atoms with Crippen molar-refractivity contribution in [3.63, 3.8) is 0 Å². The molecule has 1 saturated carbocycles. The minimum absolute atomic E-state index is 0. The van der Waals surface area contributed by atoms with Crippen LogP contribution in [0.1, 0.15) is 37.2 Å². The molecule has 18 heavy (non-hydrogen) atoms. The van der Waals surface area contributed by atoms with Crippen LogP contribution in [0.15, 0.2) is 18.2 Å². The summed E-state index contributed by atoms with van der Waals surface area (Å²) < 4.78 is 13.7. The highest BCUT2D eigenvalue weighted by atomic mass is 35.5. The zero-order chi connectivity index (χ0) is 11.9. The van der Waals surface area contributed by atoms with Crippen molar-refractivity contribution in [2.45, 2.75) is 31.6 Å². The average molecular weight is 290 g/mol. The van der Waals surface area contributed by atoms with Gasteiger partial charge >= 0.3 is 0 Å². The highest BCUT2D eigenvalue weighted by Crippen LogP contribution is 2.56. The van der Waals surface area contributed by atoms with Crippen molar-refractivity contribution >= 4 is 24.0 Å². The maximum Gasteiger partial charge on any atom is 0.126 e. The number of halogens is 3. The van der Waals surface area contributed by atoms with Crippen molar-refractivity contribution in [3.05, 3.63) is 34.6 Å². The van der Waals surface area contributed by atoms with Gasteiger partial charge in [-0.1, -0.05) is 11.6 Å². The summed E-state index contributed by atoms with van der Waals surface area (Å²) in [6, 6.07) is 4.92. The van der Waals surface area contributed by atoms with Gasteiger partial charge in [-0.25, -0.2) is 4.39 Å². The molecule has 1 saturated heterocycles. The molecule has 0 aromatic heterocycles. The van der Waals surface area contributed by atoms with E-state index in [1.54, 1.807) is 12.1 Å². The lowest BCUT2D eigenvalue weighted by molar-refractivity contribution is 0.0589. The highest BCUT2D eigenvalue weighted by molar-refractivity contribution is 6.30. The first-order valence-corrected chi connectivity index (χ1v) is 6.72. The third-order valence-corrected chi connectivity index (χ3v) is 4.66. The summed E-state index contributed by atoms with van der Waals surface area (Å²) in [5.74, 6) is 0.287.